The lowest BCUT2D eigenvalue weighted by Crippen LogP contribution is -2.49. The maximum absolute atomic E-state index is 12.3. The van der Waals surface area contributed by atoms with Crippen LogP contribution in [-0.4, -0.2) is 54.9 Å². The highest BCUT2D eigenvalue weighted by atomic mass is 16.5. The van der Waals surface area contributed by atoms with Gasteiger partial charge in [-0.3, -0.25) is 4.79 Å². The third kappa shape index (κ3) is 6.80. The predicted molar refractivity (Wildman–Crippen MR) is 80.3 cm³/mol. The van der Waals surface area contributed by atoms with Gasteiger partial charge in [0.1, 0.15) is 0 Å². The molecule has 2 atom stereocenters. The third-order valence-electron chi connectivity index (χ3n) is 3.91. The zero-order valence-electron chi connectivity index (χ0n) is 13.1. The van der Waals surface area contributed by atoms with E-state index in [1.165, 1.54) is 0 Å². The minimum Gasteiger partial charge on any atom is -0.481 e. The molecule has 2 N–H and O–H groups in total. The Morgan fingerprint density at radius 2 is 2.24 bits per heavy atom. The van der Waals surface area contributed by atoms with E-state index in [4.69, 9.17) is 9.84 Å². The van der Waals surface area contributed by atoms with Crippen molar-refractivity contribution in [1.82, 2.24) is 10.2 Å². The molecule has 1 heterocycles. The van der Waals surface area contributed by atoms with E-state index in [1.54, 1.807) is 7.11 Å². The summed E-state index contributed by atoms with van der Waals surface area (Å²) in [5.41, 5.74) is 0. The van der Waals surface area contributed by atoms with Crippen LogP contribution < -0.4 is 5.32 Å². The van der Waals surface area contributed by atoms with Crippen molar-refractivity contribution in [1.29, 1.82) is 0 Å². The molecule has 2 unspecified atom stereocenters. The number of ether oxygens (including phenoxy) is 1. The number of urea groups is 1. The average molecular weight is 300 g/mol. The largest absolute Gasteiger partial charge is 0.481 e. The van der Waals surface area contributed by atoms with Gasteiger partial charge >= 0.3 is 12.0 Å². The van der Waals surface area contributed by atoms with E-state index in [-0.39, 0.29) is 18.5 Å². The first-order chi connectivity index (χ1) is 10.1. The Balaban J connectivity index is 2.43. The van der Waals surface area contributed by atoms with Gasteiger partial charge in [-0.1, -0.05) is 13.3 Å². The Morgan fingerprint density at radius 3 is 2.86 bits per heavy atom. The number of rotatable bonds is 8. The number of piperidine rings is 1. The first-order valence-electron chi connectivity index (χ1n) is 7.83. The molecule has 1 fully saturated rings. The number of aliphatic carboxylic acids is 1. The number of carboxylic acid groups (broad SMARTS) is 1. The second-order valence-corrected chi connectivity index (χ2v) is 5.78. The lowest BCUT2D eigenvalue weighted by atomic mass is 9.93. The van der Waals surface area contributed by atoms with Crippen molar-refractivity contribution < 1.29 is 19.4 Å². The van der Waals surface area contributed by atoms with E-state index < -0.39 is 5.97 Å². The minimum atomic E-state index is -0.764. The molecule has 1 rings (SSSR count). The van der Waals surface area contributed by atoms with E-state index in [9.17, 15) is 9.59 Å². The van der Waals surface area contributed by atoms with Crippen LogP contribution in [0.3, 0.4) is 0 Å². The van der Waals surface area contributed by atoms with E-state index in [1.807, 2.05) is 4.90 Å². The molecule has 0 saturated carbocycles. The minimum absolute atomic E-state index is 0.0481. The van der Waals surface area contributed by atoms with Crippen LogP contribution in [-0.2, 0) is 9.53 Å². The Bertz CT molecular complexity index is 330. The van der Waals surface area contributed by atoms with Gasteiger partial charge in [0.05, 0.1) is 12.6 Å². The van der Waals surface area contributed by atoms with Gasteiger partial charge < -0.3 is 20.1 Å². The number of carbonyl (C=O) groups is 2. The fraction of sp³-hybridized carbons (Fsp3) is 0.867. The monoisotopic (exact) mass is 300 g/mol. The second-order valence-electron chi connectivity index (χ2n) is 5.78. The average Bonchev–Trinajstić information content (AvgIpc) is 2.46. The topological polar surface area (TPSA) is 78.9 Å². The Labute approximate surface area is 126 Å². The second kappa shape index (κ2) is 9.60. The molecular formula is C15H28N2O4. The maximum Gasteiger partial charge on any atom is 0.317 e. The van der Waals surface area contributed by atoms with Crippen LogP contribution in [0, 0.1) is 5.92 Å². The molecule has 1 aliphatic heterocycles. The predicted octanol–water partition coefficient (Wildman–Crippen LogP) is 2.09. The van der Waals surface area contributed by atoms with Crippen LogP contribution in [0.15, 0.2) is 0 Å². The number of methoxy groups -OCH3 is 1. The molecule has 21 heavy (non-hydrogen) atoms. The van der Waals surface area contributed by atoms with Crippen molar-refractivity contribution in [2.75, 3.05) is 26.8 Å². The van der Waals surface area contributed by atoms with Crippen LogP contribution >= 0.6 is 0 Å². The lowest BCUT2D eigenvalue weighted by Gasteiger charge is -2.33. The third-order valence-corrected chi connectivity index (χ3v) is 3.91. The van der Waals surface area contributed by atoms with Gasteiger partial charge in [0.2, 0.25) is 0 Å². The normalized spacial score (nSPS) is 20.1. The van der Waals surface area contributed by atoms with Crippen LogP contribution in [0.25, 0.3) is 0 Å². The fourth-order valence-electron chi connectivity index (χ4n) is 2.83. The molecule has 6 heteroatoms. The molecule has 1 aliphatic rings. The number of nitrogens with zero attached hydrogens (tertiary/aromatic N) is 1. The van der Waals surface area contributed by atoms with Gasteiger partial charge in [0.15, 0.2) is 0 Å². The van der Waals surface area contributed by atoms with Crippen LogP contribution in [0.4, 0.5) is 4.79 Å². The molecule has 0 aromatic rings. The van der Waals surface area contributed by atoms with Crippen molar-refractivity contribution in [2.24, 2.45) is 5.92 Å². The Morgan fingerprint density at radius 1 is 1.48 bits per heavy atom. The number of carbonyl (C=O) groups excluding carboxylic acids is 1. The first-order valence-corrected chi connectivity index (χ1v) is 7.83. The quantitative estimate of drug-likeness (QED) is 0.719. The number of carboxylic acids is 1. The maximum atomic E-state index is 12.3. The molecule has 0 radical (unpaired) electrons. The van der Waals surface area contributed by atoms with Crippen LogP contribution in [0.1, 0.15) is 45.4 Å². The van der Waals surface area contributed by atoms with Gasteiger partial charge in [0.25, 0.3) is 0 Å². The van der Waals surface area contributed by atoms with Gasteiger partial charge in [-0.15, -0.1) is 0 Å². The van der Waals surface area contributed by atoms with Crippen LogP contribution in [0.5, 0.6) is 0 Å². The highest BCUT2D eigenvalue weighted by Gasteiger charge is 2.25. The van der Waals surface area contributed by atoms with Gasteiger partial charge in [-0.05, 0) is 31.6 Å². The van der Waals surface area contributed by atoms with Gasteiger partial charge in [-0.25, -0.2) is 4.79 Å². The smallest absolute Gasteiger partial charge is 0.317 e. The summed E-state index contributed by atoms with van der Waals surface area (Å²) >= 11 is 0. The van der Waals surface area contributed by atoms with Gasteiger partial charge in [0, 0.05) is 26.6 Å². The first kappa shape index (κ1) is 17.8. The van der Waals surface area contributed by atoms with Gasteiger partial charge in [-0.2, -0.15) is 0 Å². The summed E-state index contributed by atoms with van der Waals surface area (Å²) in [4.78, 5) is 24.7. The van der Waals surface area contributed by atoms with E-state index in [0.717, 1.165) is 32.2 Å². The van der Waals surface area contributed by atoms with E-state index in [0.29, 0.717) is 25.5 Å². The zero-order chi connectivity index (χ0) is 15.7. The molecule has 0 aromatic carbocycles. The fourth-order valence-corrected chi connectivity index (χ4v) is 2.83. The summed E-state index contributed by atoms with van der Waals surface area (Å²) in [5, 5.41) is 11.8. The summed E-state index contributed by atoms with van der Waals surface area (Å²) < 4.78 is 5.13. The molecule has 0 bridgehead atoms. The molecular weight excluding hydrogens is 272 g/mol. The van der Waals surface area contributed by atoms with Crippen molar-refractivity contribution in [3.05, 3.63) is 0 Å². The van der Waals surface area contributed by atoms with Crippen molar-refractivity contribution >= 4 is 12.0 Å². The molecule has 1 saturated heterocycles. The van der Waals surface area contributed by atoms with Crippen molar-refractivity contribution in [2.45, 2.75) is 51.5 Å². The van der Waals surface area contributed by atoms with E-state index >= 15 is 0 Å². The van der Waals surface area contributed by atoms with Crippen molar-refractivity contribution in [3.8, 4) is 0 Å². The molecule has 122 valence electrons. The zero-order valence-corrected chi connectivity index (χ0v) is 13.1. The molecule has 0 aliphatic carbocycles. The Kier molecular flexibility index (Phi) is 8.12. The van der Waals surface area contributed by atoms with Crippen LogP contribution in [0.2, 0.25) is 0 Å². The van der Waals surface area contributed by atoms with Crippen molar-refractivity contribution in [3.63, 3.8) is 0 Å². The highest BCUT2D eigenvalue weighted by Crippen LogP contribution is 2.21. The number of hydrogen-bond acceptors (Lipinski definition) is 3. The number of amides is 2. The number of likely N-dealkylation sites (tertiary alicyclic amines) is 1. The highest BCUT2D eigenvalue weighted by molar-refractivity contribution is 5.74. The lowest BCUT2D eigenvalue weighted by molar-refractivity contribution is -0.137. The SMILES string of the molecule is CCCC(COC)NC(=O)N1CCCC(CCC(=O)O)C1. The summed E-state index contributed by atoms with van der Waals surface area (Å²) in [5.74, 6) is -0.465. The molecule has 6 nitrogen and oxygen atoms in total. The summed E-state index contributed by atoms with van der Waals surface area (Å²) in [7, 11) is 1.64. The number of hydrogen-bond donors (Lipinski definition) is 2. The standard InChI is InChI=1S/C15H28N2O4/c1-3-5-13(11-21-2)16-15(20)17-9-4-6-12(10-17)7-8-14(18)19/h12-13H,3-11H2,1-2H3,(H,16,20)(H,18,19). The molecule has 2 amide bonds. The number of nitrogens with one attached hydrogen (secondary N) is 1. The summed E-state index contributed by atoms with van der Waals surface area (Å²) in [6, 6.07) is -0.00239. The summed E-state index contributed by atoms with van der Waals surface area (Å²) in [6.45, 7) is 4.01. The summed E-state index contributed by atoms with van der Waals surface area (Å²) in [6.07, 6.45) is 4.68. The molecule has 0 aromatic heterocycles. The molecule has 0 spiro atoms. The Hall–Kier alpha value is -1.30. The van der Waals surface area contributed by atoms with E-state index in [2.05, 4.69) is 12.2 Å².